The van der Waals surface area contributed by atoms with Gasteiger partial charge in [0.2, 0.25) is 0 Å². The molecule has 0 aromatic rings. The summed E-state index contributed by atoms with van der Waals surface area (Å²) in [5.74, 6) is -0.950. The highest BCUT2D eigenvalue weighted by atomic mass is 31.2. The molecule has 57 heavy (non-hydrogen) atoms. The second kappa shape index (κ2) is 41.8. The van der Waals surface area contributed by atoms with Gasteiger partial charge >= 0.3 is 19.8 Å². The minimum Gasteiger partial charge on any atom is -0.462 e. The maximum absolute atomic E-state index is 12.6. The summed E-state index contributed by atoms with van der Waals surface area (Å²) < 4.78 is 32.7. The van der Waals surface area contributed by atoms with Crippen LogP contribution in [0.2, 0.25) is 0 Å². The third kappa shape index (κ3) is 41.6. The maximum atomic E-state index is 12.6. The molecule has 3 atom stereocenters. The fourth-order valence-corrected chi connectivity index (χ4v) is 6.64. The minimum absolute atomic E-state index is 0.160. The molecule has 0 aliphatic carbocycles. The molecule has 0 saturated carbocycles. The Labute approximate surface area is 346 Å². The van der Waals surface area contributed by atoms with Gasteiger partial charge in [0.15, 0.2) is 6.10 Å². The Morgan fingerprint density at radius 2 is 1.00 bits per heavy atom. The predicted molar refractivity (Wildman–Crippen MR) is 233 cm³/mol. The van der Waals surface area contributed by atoms with E-state index in [1.165, 1.54) is 70.6 Å². The number of aliphatic hydroxyl groups is 2. The van der Waals surface area contributed by atoms with Gasteiger partial charge in [-0.2, -0.15) is 0 Å². The third-order valence-electron chi connectivity index (χ3n) is 9.23. The molecule has 0 bridgehead atoms. The number of carbonyl (C=O) groups excluding carboxylic acids is 2. The highest BCUT2D eigenvalue weighted by molar-refractivity contribution is 7.47. The third-order valence-corrected chi connectivity index (χ3v) is 10.2. The molecule has 0 aliphatic rings. The van der Waals surface area contributed by atoms with Gasteiger partial charge in [-0.15, -0.1) is 0 Å². The van der Waals surface area contributed by atoms with Crippen molar-refractivity contribution in [1.82, 2.24) is 0 Å². The second-order valence-electron chi connectivity index (χ2n) is 14.7. The number of unbranched alkanes of at least 4 members (excludes halogenated alkanes) is 19. The van der Waals surface area contributed by atoms with Crippen LogP contribution in [0.3, 0.4) is 0 Å². The van der Waals surface area contributed by atoms with Gasteiger partial charge in [0.25, 0.3) is 0 Å². The van der Waals surface area contributed by atoms with Gasteiger partial charge in [-0.25, -0.2) is 4.57 Å². The summed E-state index contributed by atoms with van der Waals surface area (Å²) in [6.45, 7) is 2.12. The summed E-state index contributed by atoms with van der Waals surface area (Å²) >= 11 is 0. The number of phosphoric acid groups is 1. The van der Waals surface area contributed by atoms with E-state index in [0.29, 0.717) is 12.8 Å². The van der Waals surface area contributed by atoms with E-state index in [0.717, 1.165) is 70.6 Å². The largest absolute Gasteiger partial charge is 0.472 e. The normalized spacial score (nSPS) is 14.4. The lowest BCUT2D eigenvalue weighted by Crippen LogP contribution is -2.29. The number of ether oxygens (including phenoxy) is 2. The predicted octanol–water partition coefficient (Wildman–Crippen LogP) is 11.9. The summed E-state index contributed by atoms with van der Waals surface area (Å²) in [4.78, 5) is 35.0. The zero-order chi connectivity index (χ0) is 41.9. The van der Waals surface area contributed by atoms with E-state index in [4.69, 9.17) is 19.1 Å². The average Bonchev–Trinajstić information content (AvgIpc) is 3.20. The number of hydrogen-bond acceptors (Lipinski definition) is 9. The molecule has 0 aromatic heterocycles. The number of phosphoric ester groups is 1. The molecule has 0 fully saturated rings. The molecule has 0 spiro atoms. The lowest BCUT2D eigenvalue weighted by molar-refractivity contribution is -0.161. The smallest absolute Gasteiger partial charge is 0.462 e. The van der Waals surface area contributed by atoms with E-state index in [1.54, 1.807) is 0 Å². The van der Waals surface area contributed by atoms with Crippen molar-refractivity contribution >= 4 is 19.8 Å². The molecule has 2 unspecified atom stereocenters. The standard InChI is InChI=1S/C46H81O10P/c1-3-5-7-9-11-13-15-17-18-19-20-21-22-23-24-26-27-29-31-33-35-37-45(49)53-41-44(42-55-57(51,52)54-40-43(48)39-47)56-46(50)38-36-34-32-30-28-25-16-14-12-10-8-6-4-2/h5-8,10-14,16,43-44,47-48H,3-4,9,15,17-42H2,1-2H3,(H,51,52)/b7-5+,8-6+,12-10+,13-11+,16-14+/t43-,44?/m1/s1. The molecular formula is C46H81O10P. The maximum Gasteiger partial charge on any atom is 0.472 e. The van der Waals surface area contributed by atoms with E-state index in [1.807, 2.05) is 18.2 Å². The van der Waals surface area contributed by atoms with Crippen LogP contribution in [0.4, 0.5) is 0 Å². The molecule has 0 heterocycles. The van der Waals surface area contributed by atoms with Crippen LogP contribution in [0.15, 0.2) is 60.8 Å². The van der Waals surface area contributed by atoms with Crippen molar-refractivity contribution in [2.75, 3.05) is 26.4 Å². The van der Waals surface area contributed by atoms with Crippen LogP contribution in [0.5, 0.6) is 0 Å². The van der Waals surface area contributed by atoms with Crippen molar-refractivity contribution in [3.63, 3.8) is 0 Å². The van der Waals surface area contributed by atoms with Gasteiger partial charge in [-0.1, -0.05) is 171 Å². The lowest BCUT2D eigenvalue weighted by atomic mass is 10.0. The summed E-state index contributed by atoms with van der Waals surface area (Å²) in [6, 6.07) is 0. The first-order chi connectivity index (χ1) is 27.7. The highest BCUT2D eigenvalue weighted by Crippen LogP contribution is 2.43. The van der Waals surface area contributed by atoms with Crippen LogP contribution in [0.25, 0.3) is 0 Å². The number of hydrogen-bond donors (Lipinski definition) is 3. The highest BCUT2D eigenvalue weighted by Gasteiger charge is 2.27. The molecule has 0 saturated heterocycles. The number of aliphatic hydroxyl groups excluding tert-OH is 2. The van der Waals surface area contributed by atoms with Crippen molar-refractivity contribution < 1.29 is 47.8 Å². The molecule has 10 nitrogen and oxygen atoms in total. The van der Waals surface area contributed by atoms with Crippen LogP contribution in [-0.2, 0) is 32.7 Å². The summed E-state index contributed by atoms with van der Waals surface area (Å²) in [7, 11) is -4.62. The number of allylic oxidation sites excluding steroid dienone is 10. The first-order valence-corrected chi connectivity index (χ1v) is 23.8. The van der Waals surface area contributed by atoms with Crippen molar-refractivity contribution in [1.29, 1.82) is 0 Å². The first-order valence-electron chi connectivity index (χ1n) is 22.3. The fraction of sp³-hybridized carbons (Fsp3) is 0.739. The lowest BCUT2D eigenvalue weighted by Gasteiger charge is -2.20. The first kappa shape index (κ1) is 54.7. The molecule has 0 amide bonds. The van der Waals surface area contributed by atoms with Crippen LogP contribution in [0.1, 0.15) is 181 Å². The number of esters is 2. The minimum atomic E-state index is -4.62. The SMILES string of the molecule is CC/C=C/C=C/C=C/CCCCCCCC(=O)OC(COC(=O)CCCCCCCCCCCCCCCC/C=C/C/C=C/CC)COP(=O)(O)OC[C@H](O)CO. The Kier molecular flexibility index (Phi) is 40.1. The molecule has 0 aliphatic heterocycles. The van der Waals surface area contributed by atoms with E-state index < -0.39 is 51.8 Å². The molecule has 0 rings (SSSR count). The second-order valence-corrected chi connectivity index (χ2v) is 16.2. The molecule has 330 valence electrons. The van der Waals surface area contributed by atoms with Gasteiger partial charge in [0.1, 0.15) is 12.7 Å². The van der Waals surface area contributed by atoms with Crippen molar-refractivity contribution in [2.45, 2.75) is 193 Å². The monoisotopic (exact) mass is 825 g/mol. The van der Waals surface area contributed by atoms with Gasteiger partial charge in [-0.05, 0) is 57.8 Å². The molecule has 3 N–H and O–H groups in total. The van der Waals surface area contributed by atoms with Crippen LogP contribution < -0.4 is 0 Å². The van der Waals surface area contributed by atoms with Gasteiger partial charge in [-0.3, -0.25) is 18.6 Å². The summed E-state index contributed by atoms with van der Waals surface area (Å²) in [5, 5.41) is 18.3. The van der Waals surface area contributed by atoms with Crippen LogP contribution in [-0.4, -0.2) is 65.7 Å². The van der Waals surface area contributed by atoms with E-state index in [-0.39, 0.29) is 19.4 Å². The Hall–Kier alpha value is -2.33. The van der Waals surface area contributed by atoms with Crippen molar-refractivity contribution in [3.8, 4) is 0 Å². The van der Waals surface area contributed by atoms with Crippen LogP contribution >= 0.6 is 7.82 Å². The van der Waals surface area contributed by atoms with Gasteiger partial charge in [0, 0.05) is 12.8 Å². The average molecular weight is 825 g/mol. The summed E-state index contributed by atoms with van der Waals surface area (Å²) in [6.07, 6.45) is 46.2. The fourth-order valence-electron chi connectivity index (χ4n) is 5.85. The van der Waals surface area contributed by atoms with Gasteiger partial charge in [0.05, 0.1) is 19.8 Å². The number of rotatable bonds is 41. The molecule has 0 radical (unpaired) electrons. The van der Waals surface area contributed by atoms with Crippen molar-refractivity contribution in [3.05, 3.63) is 60.8 Å². The van der Waals surface area contributed by atoms with Crippen molar-refractivity contribution in [2.24, 2.45) is 0 Å². The van der Waals surface area contributed by atoms with Crippen LogP contribution in [0, 0.1) is 0 Å². The Morgan fingerprint density at radius 1 is 0.544 bits per heavy atom. The molecular weight excluding hydrogens is 743 g/mol. The number of carbonyl (C=O) groups is 2. The summed E-state index contributed by atoms with van der Waals surface area (Å²) in [5.41, 5.74) is 0. The van der Waals surface area contributed by atoms with E-state index >= 15 is 0 Å². The Morgan fingerprint density at radius 3 is 1.54 bits per heavy atom. The zero-order valence-corrected chi connectivity index (χ0v) is 36.7. The Bertz CT molecular complexity index is 1130. The zero-order valence-electron chi connectivity index (χ0n) is 35.8. The Balaban J connectivity index is 4.21. The van der Waals surface area contributed by atoms with E-state index in [2.05, 4.69) is 60.9 Å². The topological polar surface area (TPSA) is 149 Å². The van der Waals surface area contributed by atoms with E-state index in [9.17, 15) is 24.2 Å². The quantitative estimate of drug-likeness (QED) is 0.0179. The molecule has 0 aromatic carbocycles. The molecule has 11 heteroatoms. The van der Waals surface area contributed by atoms with Gasteiger partial charge < -0.3 is 24.6 Å².